The lowest BCUT2D eigenvalue weighted by Crippen LogP contribution is -2.28. The van der Waals surface area contributed by atoms with Gasteiger partial charge in [0.25, 0.3) is 0 Å². The fourth-order valence-electron chi connectivity index (χ4n) is 2.31. The van der Waals surface area contributed by atoms with Gasteiger partial charge in [0.05, 0.1) is 6.61 Å². The van der Waals surface area contributed by atoms with Gasteiger partial charge >= 0.3 is 0 Å². The smallest absolute Gasteiger partial charge is 0.149 e. The molecule has 0 atom stereocenters. The second-order valence-electron chi connectivity index (χ2n) is 5.40. The third-order valence-electron chi connectivity index (χ3n) is 3.33. The van der Waals surface area contributed by atoms with Gasteiger partial charge in [-0.15, -0.1) is 0 Å². The topological polar surface area (TPSA) is 24.5 Å². The van der Waals surface area contributed by atoms with Crippen molar-refractivity contribution in [3.63, 3.8) is 0 Å². The van der Waals surface area contributed by atoms with Gasteiger partial charge in [0.15, 0.2) is 0 Å². The number of rotatable bonds is 4. The lowest BCUT2D eigenvalue weighted by atomic mass is 10.1. The summed E-state index contributed by atoms with van der Waals surface area (Å²) >= 11 is 0. The van der Waals surface area contributed by atoms with Crippen LogP contribution in [0, 0.1) is 11.6 Å². The molecule has 1 fully saturated rings. The summed E-state index contributed by atoms with van der Waals surface area (Å²) in [5, 5.41) is 3.16. The SMILES string of the molecule is CC(C)NCc1cc(F)c(N2CCCOCC2)c(F)c1. The highest BCUT2D eigenvalue weighted by Gasteiger charge is 2.19. The molecule has 1 heterocycles. The Morgan fingerprint density at radius 1 is 1.20 bits per heavy atom. The fraction of sp³-hybridized carbons (Fsp3) is 0.600. The lowest BCUT2D eigenvalue weighted by Gasteiger charge is -2.23. The first kappa shape index (κ1) is 15.2. The molecule has 5 heteroatoms. The second-order valence-corrected chi connectivity index (χ2v) is 5.40. The summed E-state index contributed by atoms with van der Waals surface area (Å²) in [7, 11) is 0. The lowest BCUT2D eigenvalue weighted by molar-refractivity contribution is 0.152. The maximum atomic E-state index is 14.2. The highest BCUT2D eigenvalue weighted by atomic mass is 19.1. The van der Waals surface area contributed by atoms with Crippen molar-refractivity contribution < 1.29 is 13.5 Å². The van der Waals surface area contributed by atoms with Crippen molar-refractivity contribution in [2.24, 2.45) is 0 Å². The number of hydrogen-bond donors (Lipinski definition) is 1. The van der Waals surface area contributed by atoms with Crippen molar-refractivity contribution >= 4 is 5.69 Å². The van der Waals surface area contributed by atoms with Crippen molar-refractivity contribution in [2.45, 2.75) is 32.9 Å². The molecule has 0 unspecified atom stereocenters. The summed E-state index contributed by atoms with van der Waals surface area (Å²) in [6.45, 7) is 6.77. The molecule has 0 bridgehead atoms. The molecular formula is C15H22F2N2O. The second kappa shape index (κ2) is 6.99. The van der Waals surface area contributed by atoms with Crippen molar-refractivity contribution in [3.8, 4) is 0 Å². The predicted octanol–water partition coefficient (Wildman–Crippen LogP) is 2.69. The number of benzene rings is 1. The standard InChI is InChI=1S/C15H22F2N2O/c1-11(2)18-10-12-8-13(16)15(14(17)9-12)19-4-3-6-20-7-5-19/h8-9,11,18H,3-7,10H2,1-2H3. The molecule has 0 aliphatic carbocycles. The summed E-state index contributed by atoms with van der Waals surface area (Å²) in [5.41, 5.74) is 0.701. The van der Waals surface area contributed by atoms with E-state index >= 15 is 0 Å². The van der Waals surface area contributed by atoms with Crippen LogP contribution in [-0.2, 0) is 11.3 Å². The Morgan fingerprint density at radius 2 is 1.90 bits per heavy atom. The molecule has 1 aliphatic heterocycles. The van der Waals surface area contributed by atoms with Gasteiger partial charge in [-0.3, -0.25) is 0 Å². The number of nitrogens with one attached hydrogen (secondary N) is 1. The molecule has 1 N–H and O–H groups in total. The van der Waals surface area contributed by atoms with E-state index in [4.69, 9.17) is 4.74 Å². The average molecular weight is 284 g/mol. The summed E-state index contributed by atoms with van der Waals surface area (Å²) < 4.78 is 33.7. The van der Waals surface area contributed by atoms with Crippen molar-refractivity contribution in [1.82, 2.24) is 5.32 Å². The largest absolute Gasteiger partial charge is 0.380 e. The van der Waals surface area contributed by atoms with E-state index in [2.05, 4.69) is 5.32 Å². The zero-order valence-electron chi connectivity index (χ0n) is 12.1. The van der Waals surface area contributed by atoms with Crippen LogP contribution in [0.5, 0.6) is 0 Å². The summed E-state index contributed by atoms with van der Waals surface area (Å²) in [6, 6.07) is 3.11. The van der Waals surface area contributed by atoms with E-state index in [9.17, 15) is 8.78 Å². The number of hydrogen-bond acceptors (Lipinski definition) is 3. The fourth-order valence-corrected chi connectivity index (χ4v) is 2.31. The first-order valence-corrected chi connectivity index (χ1v) is 7.12. The molecule has 1 aromatic carbocycles. The Balaban J connectivity index is 2.17. The van der Waals surface area contributed by atoms with E-state index in [-0.39, 0.29) is 11.7 Å². The minimum Gasteiger partial charge on any atom is -0.380 e. The molecular weight excluding hydrogens is 262 g/mol. The molecule has 2 rings (SSSR count). The Labute approximate surface area is 118 Å². The van der Waals surface area contributed by atoms with Crippen LogP contribution in [0.2, 0.25) is 0 Å². The molecule has 3 nitrogen and oxygen atoms in total. The van der Waals surface area contributed by atoms with Crippen molar-refractivity contribution in [1.29, 1.82) is 0 Å². The Bertz CT molecular complexity index is 420. The van der Waals surface area contributed by atoms with Crippen LogP contribution in [0.15, 0.2) is 12.1 Å². The molecule has 0 radical (unpaired) electrons. The van der Waals surface area contributed by atoms with Crippen LogP contribution < -0.4 is 10.2 Å². The molecule has 1 aliphatic rings. The Morgan fingerprint density at radius 3 is 2.55 bits per heavy atom. The zero-order valence-corrected chi connectivity index (χ0v) is 12.1. The Hall–Kier alpha value is -1.20. The molecule has 0 amide bonds. The van der Waals surface area contributed by atoms with Crippen LogP contribution >= 0.6 is 0 Å². The highest BCUT2D eigenvalue weighted by molar-refractivity contribution is 5.51. The molecule has 20 heavy (non-hydrogen) atoms. The van der Waals surface area contributed by atoms with Crippen LogP contribution in [0.1, 0.15) is 25.8 Å². The minimum absolute atomic E-state index is 0.0730. The molecule has 1 aromatic rings. The van der Waals surface area contributed by atoms with Gasteiger partial charge in [-0.25, -0.2) is 8.78 Å². The Kier molecular flexibility index (Phi) is 5.31. The van der Waals surface area contributed by atoms with Gasteiger partial charge in [-0.2, -0.15) is 0 Å². The summed E-state index contributed by atoms with van der Waals surface area (Å²) in [4.78, 5) is 1.73. The highest BCUT2D eigenvalue weighted by Crippen LogP contribution is 2.26. The van der Waals surface area contributed by atoms with E-state index in [1.807, 2.05) is 13.8 Å². The summed E-state index contributed by atoms with van der Waals surface area (Å²) in [5.74, 6) is -0.986. The number of nitrogens with zero attached hydrogens (tertiary/aromatic N) is 1. The van der Waals surface area contributed by atoms with Gasteiger partial charge in [-0.1, -0.05) is 13.8 Å². The number of halogens is 2. The van der Waals surface area contributed by atoms with Crippen LogP contribution in [0.4, 0.5) is 14.5 Å². The quantitative estimate of drug-likeness (QED) is 0.920. The van der Waals surface area contributed by atoms with Gasteiger partial charge in [-0.05, 0) is 24.1 Å². The van der Waals surface area contributed by atoms with E-state index in [0.717, 1.165) is 6.42 Å². The number of anilines is 1. The van der Waals surface area contributed by atoms with Crippen LogP contribution in [-0.4, -0.2) is 32.3 Å². The van der Waals surface area contributed by atoms with Crippen LogP contribution in [0.3, 0.4) is 0 Å². The normalized spacial score (nSPS) is 16.6. The maximum Gasteiger partial charge on any atom is 0.149 e. The summed E-state index contributed by atoms with van der Waals surface area (Å²) in [6.07, 6.45) is 0.787. The first-order chi connectivity index (χ1) is 9.58. The van der Waals surface area contributed by atoms with E-state index in [1.54, 1.807) is 4.90 Å². The van der Waals surface area contributed by atoms with Gasteiger partial charge in [0.2, 0.25) is 0 Å². The third kappa shape index (κ3) is 3.90. The van der Waals surface area contributed by atoms with Crippen molar-refractivity contribution in [2.75, 3.05) is 31.2 Å². The van der Waals surface area contributed by atoms with Crippen molar-refractivity contribution in [3.05, 3.63) is 29.3 Å². The zero-order chi connectivity index (χ0) is 14.5. The molecule has 0 saturated carbocycles. The van der Waals surface area contributed by atoms with Gasteiger partial charge in [0, 0.05) is 32.3 Å². The molecule has 0 aromatic heterocycles. The number of ether oxygens (including phenoxy) is 1. The average Bonchev–Trinajstić information content (AvgIpc) is 2.64. The van der Waals surface area contributed by atoms with Crippen LogP contribution in [0.25, 0.3) is 0 Å². The first-order valence-electron chi connectivity index (χ1n) is 7.12. The minimum atomic E-state index is -0.493. The van der Waals surface area contributed by atoms with Gasteiger partial charge < -0.3 is 15.0 Å². The van der Waals surface area contributed by atoms with Gasteiger partial charge in [0.1, 0.15) is 17.3 Å². The molecule has 1 saturated heterocycles. The molecule has 0 spiro atoms. The van der Waals surface area contributed by atoms with E-state index < -0.39 is 11.6 Å². The van der Waals surface area contributed by atoms with E-state index in [1.165, 1.54) is 12.1 Å². The van der Waals surface area contributed by atoms with E-state index in [0.29, 0.717) is 38.4 Å². The monoisotopic (exact) mass is 284 g/mol. The predicted molar refractivity (Wildman–Crippen MR) is 76.0 cm³/mol. The molecule has 112 valence electrons. The third-order valence-corrected chi connectivity index (χ3v) is 3.33. The maximum absolute atomic E-state index is 14.2.